The molecule has 6 rings (SSSR count). The van der Waals surface area contributed by atoms with E-state index < -0.39 is 11.7 Å². The predicted octanol–water partition coefficient (Wildman–Crippen LogP) is 7.10. The van der Waals surface area contributed by atoms with Crippen molar-refractivity contribution in [2.45, 2.75) is 50.9 Å². The van der Waals surface area contributed by atoms with Crippen molar-refractivity contribution < 1.29 is 22.7 Å². The zero-order valence-electron chi connectivity index (χ0n) is 24.2. The van der Waals surface area contributed by atoms with Gasteiger partial charge in [0.25, 0.3) is 0 Å². The quantitative estimate of drug-likeness (QED) is 0.203. The first-order chi connectivity index (χ1) is 21.2. The third-order valence-electron chi connectivity index (χ3n) is 7.80. The molecule has 11 heteroatoms. The lowest BCUT2D eigenvalue weighted by Gasteiger charge is -2.25. The number of pyridine rings is 1. The Morgan fingerprint density at radius 1 is 1.00 bits per heavy atom. The molecule has 1 saturated carbocycles. The van der Waals surface area contributed by atoms with Gasteiger partial charge in [-0.05, 0) is 86.3 Å². The van der Waals surface area contributed by atoms with Gasteiger partial charge < -0.3 is 19.9 Å². The van der Waals surface area contributed by atoms with Gasteiger partial charge in [-0.25, -0.2) is 9.97 Å². The number of anilines is 3. The molecular weight excluding hydrogens is 569 g/mol. The van der Waals surface area contributed by atoms with Crippen molar-refractivity contribution >= 4 is 34.1 Å². The molecular formula is C33H31F3N6O2. The van der Waals surface area contributed by atoms with Crippen molar-refractivity contribution in [1.29, 1.82) is 0 Å². The van der Waals surface area contributed by atoms with E-state index in [1.807, 2.05) is 47.0 Å². The maximum absolute atomic E-state index is 13.4. The SMILES string of the molecule is COC1CCC(/N=c2\cc3n(-c4ccc(C(F)(F)F)cc4)c4ccccc4nc-3cc2Nc2ccc(NC(C)=O)nc2)CC1. The van der Waals surface area contributed by atoms with E-state index in [0.717, 1.165) is 43.3 Å². The number of aromatic nitrogens is 3. The Labute approximate surface area is 252 Å². The number of hydrogen-bond donors (Lipinski definition) is 2. The van der Waals surface area contributed by atoms with E-state index in [1.165, 1.54) is 19.1 Å². The summed E-state index contributed by atoms with van der Waals surface area (Å²) in [7, 11) is 1.73. The van der Waals surface area contributed by atoms with Gasteiger partial charge in [0, 0.05) is 19.7 Å². The van der Waals surface area contributed by atoms with Gasteiger partial charge in [0.2, 0.25) is 5.91 Å². The molecule has 1 aliphatic heterocycles. The minimum Gasteiger partial charge on any atom is -0.381 e. The van der Waals surface area contributed by atoms with Crippen molar-refractivity contribution in [3.05, 3.63) is 89.9 Å². The van der Waals surface area contributed by atoms with E-state index in [4.69, 9.17) is 14.7 Å². The number of hydrogen-bond acceptors (Lipinski definition) is 6. The van der Waals surface area contributed by atoms with Crippen molar-refractivity contribution in [2.24, 2.45) is 4.99 Å². The minimum absolute atomic E-state index is 0.0765. The first-order valence-corrected chi connectivity index (χ1v) is 14.4. The van der Waals surface area contributed by atoms with Crippen molar-refractivity contribution in [3.63, 3.8) is 0 Å². The Hall–Kier alpha value is -4.77. The van der Waals surface area contributed by atoms with Gasteiger partial charge in [0.1, 0.15) is 5.82 Å². The van der Waals surface area contributed by atoms with Crippen molar-refractivity contribution in [3.8, 4) is 17.1 Å². The number of benzene rings is 3. The number of amides is 1. The molecule has 1 fully saturated rings. The van der Waals surface area contributed by atoms with Crippen LogP contribution < -0.4 is 16.0 Å². The number of nitrogens with one attached hydrogen (secondary N) is 2. The monoisotopic (exact) mass is 600 g/mol. The number of halogens is 3. The summed E-state index contributed by atoms with van der Waals surface area (Å²) in [4.78, 5) is 25.8. The number of fused-ring (bicyclic) bond motifs is 2. The highest BCUT2D eigenvalue weighted by molar-refractivity contribution is 5.88. The molecule has 2 N–H and O–H groups in total. The second kappa shape index (κ2) is 12.1. The second-order valence-electron chi connectivity index (χ2n) is 10.9. The Kier molecular flexibility index (Phi) is 8.05. The maximum Gasteiger partial charge on any atom is 0.416 e. The fraction of sp³-hybridized carbons (Fsp3) is 0.273. The first-order valence-electron chi connectivity index (χ1n) is 14.4. The summed E-state index contributed by atoms with van der Waals surface area (Å²) in [5, 5.41) is 6.78. The Bertz CT molecular complexity index is 1830. The van der Waals surface area contributed by atoms with Crippen LogP contribution >= 0.6 is 0 Å². The van der Waals surface area contributed by atoms with Gasteiger partial charge in [-0.1, -0.05) is 12.1 Å². The summed E-state index contributed by atoms with van der Waals surface area (Å²) >= 11 is 0. The lowest BCUT2D eigenvalue weighted by Crippen LogP contribution is -2.25. The van der Waals surface area contributed by atoms with E-state index >= 15 is 0 Å². The van der Waals surface area contributed by atoms with E-state index in [9.17, 15) is 18.0 Å². The summed E-state index contributed by atoms with van der Waals surface area (Å²) in [5.74, 6) is 0.226. The normalized spacial score (nSPS) is 17.6. The lowest BCUT2D eigenvalue weighted by molar-refractivity contribution is -0.137. The number of para-hydroxylation sites is 2. The van der Waals surface area contributed by atoms with Crippen LogP contribution in [0.2, 0.25) is 0 Å². The third kappa shape index (κ3) is 6.28. The average Bonchev–Trinajstić information content (AvgIpc) is 3.01. The van der Waals surface area contributed by atoms with E-state index in [-0.39, 0.29) is 18.1 Å². The summed E-state index contributed by atoms with van der Waals surface area (Å²) in [6.45, 7) is 1.42. The largest absolute Gasteiger partial charge is 0.416 e. The summed E-state index contributed by atoms with van der Waals surface area (Å²) in [6, 6.07) is 20.1. The number of carbonyl (C=O) groups is 1. The van der Waals surface area contributed by atoms with E-state index in [0.29, 0.717) is 45.1 Å². The van der Waals surface area contributed by atoms with Gasteiger partial charge in [-0.3, -0.25) is 9.79 Å². The molecule has 0 unspecified atom stereocenters. The molecule has 2 aromatic carbocycles. The Morgan fingerprint density at radius 2 is 1.75 bits per heavy atom. The Balaban J connectivity index is 1.51. The fourth-order valence-electron chi connectivity index (χ4n) is 5.61. The van der Waals surface area contributed by atoms with Gasteiger partial charge in [-0.15, -0.1) is 0 Å². The lowest BCUT2D eigenvalue weighted by atomic mass is 9.93. The molecule has 0 spiro atoms. The molecule has 3 aliphatic rings. The van der Waals surface area contributed by atoms with Gasteiger partial charge in [0.15, 0.2) is 0 Å². The van der Waals surface area contributed by atoms with Crippen LogP contribution in [0.3, 0.4) is 0 Å². The molecule has 226 valence electrons. The highest BCUT2D eigenvalue weighted by Crippen LogP contribution is 2.33. The van der Waals surface area contributed by atoms with E-state index in [1.54, 1.807) is 19.4 Å². The topological polar surface area (TPSA) is 93.4 Å². The first kappa shape index (κ1) is 29.3. The maximum atomic E-state index is 13.4. The molecule has 0 saturated heterocycles. The summed E-state index contributed by atoms with van der Waals surface area (Å²) in [6.07, 6.45) is 0.978. The van der Waals surface area contributed by atoms with Gasteiger partial charge in [-0.2, -0.15) is 13.2 Å². The predicted molar refractivity (Wildman–Crippen MR) is 163 cm³/mol. The van der Waals surface area contributed by atoms with Crippen LogP contribution in [0.25, 0.3) is 28.1 Å². The molecule has 0 atom stereocenters. The Morgan fingerprint density at radius 3 is 2.41 bits per heavy atom. The minimum atomic E-state index is -4.44. The molecule has 0 bridgehead atoms. The van der Waals surface area contributed by atoms with Crippen LogP contribution in [-0.2, 0) is 15.7 Å². The van der Waals surface area contributed by atoms with Crippen LogP contribution in [-0.4, -0.2) is 39.7 Å². The average molecular weight is 601 g/mol. The summed E-state index contributed by atoms with van der Waals surface area (Å²) < 4.78 is 47.6. The number of methoxy groups -OCH3 is 1. The van der Waals surface area contributed by atoms with Gasteiger partial charge >= 0.3 is 6.18 Å². The van der Waals surface area contributed by atoms with Crippen molar-refractivity contribution in [1.82, 2.24) is 14.5 Å². The number of nitrogens with zero attached hydrogens (tertiary/aromatic N) is 4. The highest BCUT2D eigenvalue weighted by Gasteiger charge is 2.30. The van der Waals surface area contributed by atoms with Crippen LogP contribution in [0.4, 0.5) is 30.4 Å². The molecule has 1 aromatic heterocycles. The second-order valence-corrected chi connectivity index (χ2v) is 10.9. The van der Waals surface area contributed by atoms with Crippen LogP contribution in [0, 0.1) is 0 Å². The molecule has 44 heavy (non-hydrogen) atoms. The highest BCUT2D eigenvalue weighted by atomic mass is 19.4. The van der Waals surface area contributed by atoms with Gasteiger partial charge in [0.05, 0.1) is 63.1 Å². The number of alkyl halides is 3. The molecule has 0 radical (unpaired) electrons. The number of rotatable bonds is 6. The van der Waals surface area contributed by atoms with Crippen LogP contribution in [0.15, 0.2) is 84.0 Å². The number of ether oxygens (including phenoxy) is 1. The zero-order valence-corrected chi connectivity index (χ0v) is 24.2. The molecule has 2 aliphatic carbocycles. The molecule has 2 heterocycles. The molecule has 8 nitrogen and oxygen atoms in total. The standard InChI is InChI=1S/C33H31F3N6O2/c1-20(43)38-32-16-11-23(19-37-32)40-27-17-29-31(18-28(27)39-22-9-14-25(44-2)15-10-22)42(30-6-4-3-5-26(30)41-29)24-12-7-21(8-13-24)33(34,35)36/h3-8,11-13,16-19,22,25,40H,9-10,14-15H2,1-2H3,(H,37,38,43)/b39-28+. The fourth-order valence-corrected chi connectivity index (χ4v) is 5.61. The van der Waals surface area contributed by atoms with Crippen molar-refractivity contribution in [2.75, 3.05) is 17.7 Å². The smallest absolute Gasteiger partial charge is 0.381 e. The van der Waals surface area contributed by atoms with Crippen LogP contribution in [0.5, 0.6) is 0 Å². The number of carbonyl (C=O) groups excluding carboxylic acids is 1. The van der Waals surface area contributed by atoms with E-state index in [2.05, 4.69) is 15.6 Å². The third-order valence-corrected chi connectivity index (χ3v) is 7.80. The van der Waals surface area contributed by atoms with Crippen LogP contribution in [0.1, 0.15) is 38.2 Å². The summed E-state index contributed by atoms with van der Waals surface area (Å²) in [5.41, 5.74) is 4.05. The molecule has 1 amide bonds. The zero-order chi connectivity index (χ0) is 30.8. The molecule has 3 aromatic rings.